The molecule has 1 aromatic carbocycles. The van der Waals surface area contributed by atoms with Crippen molar-refractivity contribution in [2.75, 3.05) is 0 Å². The topological polar surface area (TPSA) is 46.0 Å². The van der Waals surface area contributed by atoms with Gasteiger partial charge in [-0.2, -0.15) is 0 Å². The second kappa shape index (κ2) is 2.69. The zero-order chi connectivity index (χ0) is 9.42. The summed E-state index contributed by atoms with van der Waals surface area (Å²) >= 11 is 0. The minimum Gasteiger partial charge on any atom is -0.492 e. The SMILES string of the molecule is Cc1cc2ncc(O)nc2cc1C. The van der Waals surface area contributed by atoms with Crippen LogP contribution in [0.5, 0.6) is 5.88 Å². The van der Waals surface area contributed by atoms with Gasteiger partial charge in [-0.3, -0.25) is 0 Å². The normalized spacial score (nSPS) is 10.6. The van der Waals surface area contributed by atoms with Crippen LogP contribution in [0.25, 0.3) is 11.0 Å². The van der Waals surface area contributed by atoms with Crippen LogP contribution in [-0.4, -0.2) is 15.1 Å². The summed E-state index contributed by atoms with van der Waals surface area (Å²) < 4.78 is 0. The number of nitrogens with zero attached hydrogens (tertiary/aromatic N) is 2. The van der Waals surface area contributed by atoms with Gasteiger partial charge in [-0.05, 0) is 37.1 Å². The van der Waals surface area contributed by atoms with Crippen molar-refractivity contribution in [2.45, 2.75) is 13.8 Å². The molecule has 0 fully saturated rings. The maximum atomic E-state index is 9.12. The van der Waals surface area contributed by atoms with Crippen molar-refractivity contribution in [3.63, 3.8) is 0 Å². The third-order valence-electron chi connectivity index (χ3n) is 2.14. The third kappa shape index (κ3) is 1.33. The fourth-order valence-corrected chi connectivity index (χ4v) is 1.26. The van der Waals surface area contributed by atoms with Gasteiger partial charge in [0.05, 0.1) is 17.2 Å². The van der Waals surface area contributed by atoms with E-state index in [2.05, 4.69) is 9.97 Å². The Bertz CT molecular complexity index is 466. The van der Waals surface area contributed by atoms with E-state index >= 15 is 0 Å². The van der Waals surface area contributed by atoms with Gasteiger partial charge in [0.15, 0.2) is 0 Å². The molecule has 0 bridgehead atoms. The van der Waals surface area contributed by atoms with Crippen LogP contribution in [0, 0.1) is 13.8 Å². The van der Waals surface area contributed by atoms with Gasteiger partial charge in [-0.1, -0.05) is 0 Å². The minimum atomic E-state index is -0.0317. The van der Waals surface area contributed by atoms with Gasteiger partial charge >= 0.3 is 0 Å². The Balaban J connectivity index is 2.81. The van der Waals surface area contributed by atoms with Crippen molar-refractivity contribution >= 4 is 11.0 Å². The van der Waals surface area contributed by atoms with Crippen molar-refractivity contribution in [2.24, 2.45) is 0 Å². The molecule has 0 aliphatic carbocycles. The Morgan fingerprint density at radius 2 is 1.69 bits per heavy atom. The average molecular weight is 174 g/mol. The highest BCUT2D eigenvalue weighted by Gasteiger charge is 2.00. The molecule has 0 atom stereocenters. The van der Waals surface area contributed by atoms with Crippen LogP contribution >= 0.6 is 0 Å². The first-order valence-corrected chi connectivity index (χ1v) is 4.10. The first-order valence-electron chi connectivity index (χ1n) is 4.10. The molecule has 0 amide bonds. The number of hydrogen-bond donors (Lipinski definition) is 1. The molecule has 1 aromatic heterocycles. The van der Waals surface area contributed by atoms with E-state index in [1.165, 1.54) is 11.8 Å². The molecule has 0 spiro atoms. The molecule has 3 heteroatoms. The van der Waals surface area contributed by atoms with Crippen molar-refractivity contribution in [1.29, 1.82) is 0 Å². The summed E-state index contributed by atoms with van der Waals surface area (Å²) in [5, 5.41) is 9.12. The summed E-state index contributed by atoms with van der Waals surface area (Å²) in [6, 6.07) is 3.90. The second-order valence-electron chi connectivity index (χ2n) is 3.15. The first-order chi connectivity index (χ1) is 6.16. The van der Waals surface area contributed by atoms with Crippen LogP contribution in [0.3, 0.4) is 0 Å². The number of fused-ring (bicyclic) bond motifs is 1. The first kappa shape index (κ1) is 7.98. The second-order valence-corrected chi connectivity index (χ2v) is 3.15. The molecule has 1 N–H and O–H groups in total. The molecule has 3 nitrogen and oxygen atoms in total. The zero-order valence-corrected chi connectivity index (χ0v) is 7.57. The highest BCUT2D eigenvalue weighted by atomic mass is 16.3. The van der Waals surface area contributed by atoms with E-state index in [9.17, 15) is 0 Å². The van der Waals surface area contributed by atoms with Gasteiger partial charge in [-0.15, -0.1) is 0 Å². The van der Waals surface area contributed by atoms with Crippen molar-refractivity contribution in [3.8, 4) is 5.88 Å². The average Bonchev–Trinajstić information content (AvgIpc) is 2.08. The molecule has 2 rings (SSSR count). The summed E-state index contributed by atoms with van der Waals surface area (Å²) in [5.41, 5.74) is 3.91. The van der Waals surface area contributed by atoms with E-state index in [0.29, 0.717) is 0 Å². The van der Waals surface area contributed by atoms with Crippen molar-refractivity contribution in [3.05, 3.63) is 29.5 Å². The lowest BCUT2D eigenvalue weighted by molar-refractivity contribution is 0.453. The van der Waals surface area contributed by atoms with Gasteiger partial charge in [0.1, 0.15) is 0 Å². The number of aromatic hydroxyl groups is 1. The lowest BCUT2D eigenvalue weighted by atomic mass is 10.1. The lowest BCUT2D eigenvalue weighted by Crippen LogP contribution is -1.87. The fraction of sp³-hybridized carbons (Fsp3) is 0.200. The maximum Gasteiger partial charge on any atom is 0.230 e. The Morgan fingerprint density at radius 1 is 1.08 bits per heavy atom. The van der Waals surface area contributed by atoms with Gasteiger partial charge in [-0.25, -0.2) is 9.97 Å². The molecule has 0 radical (unpaired) electrons. The van der Waals surface area contributed by atoms with Crippen LogP contribution in [0.15, 0.2) is 18.3 Å². The summed E-state index contributed by atoms with van der Waals surface area (Å²) in [4.78, 5) is 8.04. The van der Waals surface area contributed by atoms with Crippen LogP contribution in [0.4, 0.5) is 0 Å². The Hall–Kier alpha value is -1.64. The zero-order valence-electron chi connectivity index (χ0n) is 7.57. The van der Waals surface area contributed by atoms with Gasteiger partial charge < -0.3 is 5.11 Å². The van der Waals surface area contributed by atoms with E-state index in [1.807, 2.05) is 26.0 Å². The molecular weight excluding hydrogens is 164 g/mol. The molecule has 0 aliphatic heterocycles. The standard InChI is InChI=1S/C10H10N2O/c1-6-3-8-9(4-7(6)2)12-10(13)5-11-8/h3-5H,1-2H3,(H,12,13). The number of aryl methyl sites for hydroxylation is 2. The molecule has 0 saturated carbocycles. The van der Waals surface area contributed by atoms with E-state index in [1.54, 1.807) is 0 Å². The number of hydrogen-bond acceptors (Lipinski definition) is 3. The third-order valence-corrected chi connectivity index (χ3v) is 2.14. The Labute approximate surface area is 76.1 Å². The highest BCUT2D eigenvalue weighted by Crippen LogP contribution is 2.17. The number of aromatic nitrogens is 2. The van der Waals surface area contributed by atoms with E-state index < -0.39 is 0 Å². The molecule has 0 aliphatic rings. The Morgan fingerprint density at radius 3 is 2.38 bits per heavy atom. The molecule has 1 heterocycles. The molecular formula is C10H10N2O. The largest absolute Gasteiger partial charge is 0.492 e. The minimum absolute atomic E-state index is 0.0317. The summed E-state index contributed by atoms with van der Waals surface area (Å²) in [7, 11) is 0. The fourth-order valence-electron chi connectivity index (χ4n) is 1.26. The predicted molar refractivity (Wildman–Crippen MR) is 50.7 cm³/mol. The summed E-state index contributed by atoms with van der Waals surface area (Å²) in [5.74, 6) is -0.0317. The van der Waals surface area contributed by atoms with Gasteiger partial charge in [0, 0.05) is 0 Å². The van der Waals surface area contributed by atoms with Gasteiger partial charge in [0.25, 0.3) is 0 Å². The smallest absolute Gasteiger partial charge is 0.230 e. The molecule has 0 unspecified atom stereocenters. The lowest BCUT2D eigenvalue weighted by Gasteiger charge is -2.01. The van der Waals surface area contributed by atoms with Crippen LogP contribution in [-0.2, 0) is 0 Å². The molecule has 66 valence electrons. The van der Waals surface area contributed by atoms with E-state index in [0.717, 1.165) is 16.6 Å². The maximum absolute atomic E-state index is 9.12. The molecule has 2 aromatic rings. The van der Waals surface area contributed by atoms with E-state index in [-0.39, 0.29) is 5.88 Å². The quantitative estimate of drug-likeness (QED) is 0.664. The predicted octanol–water partition coefficient (Wildman–Crippen LogP) is 1.95. The number of benzene rings is 1. The van der Waals surface area contributed by atoms with E-state index in [4.69, 9.17) is 5.11 Å². The highest BCUT2D eigenvalue weighted by molar-refractivity contribution is 5.76. The number of rotatable bonds is 0. The summed E-state index contributed by atoms with van der Waals surface area (Å²) in [6.45, 7) is 4.05. The monoisotopic (exact) mass is 174 g/mol. The van der Waals surface area contributed by atoms with Crippen LogP contribution in [0.2, 0.25) is 0 Å². The van der Waals surface area contributed by atoms with Crippen LogP contribution in [0.1, 0.15) is 11.1 Å². The van der Waals surface area contributed by atoms with Crippen molar-refractivity contribution < 1.29 is 5.11 Å². The van der Waals surface area contributed by atoms with Gasteiger partial charge in [0.2, 0.25) is 5.88 Å². The molecule has 0 saturated heterocycles. The van der Waals surface area contributed by atoms with Crippen molar-refractivity contribution in [1.82, 2.24) is 9.97 Å². The summed E-state index contributed by atoms with van der Waals surface area (Å²) in [6.07, 6.45) is 1.36. The Kier molecular flexibility index (Phi) is 1.65. The molecule has 13 heavy (non-hydrogen) atoms. The van der Waals surface area contributed by atoms with Crippen LogP contribution < -0.4 is 0 Å².